The molecule has 4 nitrogen and oxygen atoms in total. The van der Waals surface area contributed by atoms with Crippen LogP contribution in [0.15, 0.2) is 12.2 Å². The van der Waals surface area contributed by atoms with Crippen LogP contribution in [-0.4, -0.2) is 24.9 Å². The highest BCUT2D eigenvalue weighted by atomic mass is 16.2. The van der Waals surface area contributed by atoms with E-state index in [2.05, 4.69) is 10.6 Å². The zero-order valence-corrected chi connectivity index (χ0v) is 10.5. The summed E-state index contributed by atoms with van der Waals surface area (Å²) in [6.45, 7) is 9.30. The van der Waals surface area contributed by atoms with E-state index in [-0.39, 0.29) is 11.8 Å². The highest BCUT2D eigenvalue weighted by molar-refractivity contribution is 5.96. The van der Waals surface area contributed by atoms with Crippen LogP contribution in [0.2, 0.25) is 0 Å². The molecule has 0 aliphatic rings. The van der Waals surface area contributed by atoms with Gasteiger partial charge in [0.1, 0.15) is 0 Å². The molecule has 0 saturated heterocycles. The molecule has 0 saturated carbocycles. The lowest BCUT2D eigenvalue weighted by Crippen LogP contribution is -2.28. The lowest BCUT2D eigenvalue weighted by Gasteiger charge is -2.05. The average molecular weight is 226 g/mol. The average Bonchev–Trinajstić information content (AvgIpc) is 2.20. The van der Waals surface area contributed by atoms with E-state index in [1.807, 2.05) is 27.7 Å². The maximum atomic E-state index is 11.2. The van der Waals surface area contributed by atoms with Gasteiger partial charge in [-0.25, -0.2) is 0 Å². The Bertz CT molecular complexity index is 232. The molecule has 0 spiro atoms. The molecule has 0 atom stereocenters. The number of nitrogens with one attached hydrogen (secondary N) is 2. The summed E-state index contributed by atoms with van der Waals surface area (Å²) in [4.78, 5) is 22.4. The van der Waals surface area contributed by atoms with Gasteiger partial charge in [-0.15, -0.1) is 0 Å². The number of hydrogen-bond donors (Lipinski definition) is 2. The van der Waals surface area contributed by atoms with Crippen molar-refractivity contribution in [3.05, 3.63) is 12.2 Å². The molecule has 0 bridgehead atoms. The van der Waals surface area contributed by atoms with Gasteiger partial charge in [0.05, 0.1) is 0 Å². The molecule has 0 aliphatic carbocycles. The third kappa shape index (κ3) is 9.24. The van der Waals surface area contributed by atoms with Gasteiger partial charge < -0.3 is 10.6 Å². The minimum absolute atomic E-state index is 0.228. The molecular formula is C12H22N2O2. The lowest BCUT2D eigenvalue weighted by atomic mass is 10.2. The molecular weight excluding hydrogens is 204 g/mol. The maximum Gasteiger partial charge on any atom is 0.244 e. The van der Waals surface area contributed by atoms with Crippen LogP contribution in [0, 0.1) is 11.8 Å². The van der Waals surface area contributed by atoms with Gasteiger partial charge in [-0.1, -0.05) is 27.7 Å². The van der Waals surface area contributed by atoms with E-state index in [9.17, 15) is 9.59 Å². The van der Waals surface area contributed by atoms with Crippen LogP contribution in [0.5, 0.6) is 0 Å². The first-order chi connectivity index (χ1) is 7.41. The molecule has 0 aliphatic heterocycles. The molecule has 2 amide bonds. The first-order valence-electron chi connectivity index (χ1n) is 5.65. The Morgan fingerprint density at radius 2 is 1.19 bits per heavy atom. The van der Waals surface area contributed by atoms with Crippen molar-refractivity contribution in [3.8, 4) is 0 Å². The van der Waals surface area contributed by atoms with Crippen molar-refractivity contribution in [1.29, 1.82) is 0 Å². The molecule has 0 aromatic carbocycles. The fourth-order valence-corrected chi connectivity index (χ4v) is 0.879. The smallest absolute Gasteiger partial charge is 0.244 e. The summed E-state index contributed by atoms with van der Waals surface area (Å²) in [7, 11) is 0. The summed E-state index contributed by atoms with van der Waals surface area (Å²) >= 11 is 0. The van der Waals surface area contributed by atoms with E-state index in [0.29, 0.717) is 24.9 Å². The molecule has 92 valence electrons. The molecule has 0 rings (SSSR count). The molecule has 0 aromatic heterocycles. The van der Waals surface area contributed by atoms with Crippen LogP contribution >= 0.6 is 0 Å². The van der Waals surface area contributed by atoms with E-state index >= 15 is 0 Å². The summed E-state index contributed by atoms with van der Waals surface area (Å²) in [5, 5.41) is 5.39. The predicted octanol–water partition coefficient (Wildman–Crippen LogP) is 1.09. The van der Waals surface area contributed by atoms with Gasteiger partial charge in [0, 0.05) is 25.2 Å². The first kappa shape index (κ1) is 14.7. The zero-order valence-electron chi connectivity index (χ0n) is 10.5. The van der Waals surface area contributed by atoms with Crippen molar-refractivity contribution in [2.75, 3.05) is 13.1 Å². The zero-order chi connectivity index (χ0) is 12.6. The number of rotatable bonds is 6. The fourth-order valence-electron chi connectivity index (χ4n) is 0.879. The van der Waals surface area contributed by atoms with Crippen molar-refractivity contribution < 1.29 is 9.59 Å². The first-order valence-corrected chi connectivity index (χ1v) is 5.65. The van der Waals surface area contributed by atoms with Gasteiger partial charge in [0.25, 0.3) is 0 Å². The Labute approximate surface area is 97.5 Å². The Kier molecular flexibility index (Phi) is 7.25. The molecule has 2 N–H and O–H groups in total. The Balaban J connectivity index is 3.80. The quantitative estimate of drug-likeness (QED) is 0.666. The predicted molar refractivity (Wildman–Crippen MR) is 64.8 cm³/mol. The van der Waals surface area contributed by atoms with Crippen molar-refractivity contribution in [3.63, 3.8) is 0 Å². The Morgan fingerprint density at radius 3 is 1.44 bits per heavy atom. The van der Waals surface area contributed by atoms with Crippen molar-refractivity contribution in [2.24, 2.45) is 11.8 Å². The largest absolute Gasteiger partial charge is 0.352 e. The molecule has 0 heterocycles. The maximum absolute atomic E-state index is 11.2. The van der Waals surface area contributed by atoms with Crippen LogP contribution in [0.3, 0.4) is 0 Å². The second-order valence-electron chi connectivity index (χ2n) is 4.61. The van der Waals surface area contributed by atoms with Gasteiger partial charge >= 0.3 is 0 Å². The monoisotopic (exact) mass is 226 g/mol. The van der Waals surface area contributed by atoms with E-state index in [1.165, 1.54) is 12.2 Å². The minimum atomic E-state index is -0.228. The van der Waals surface area contributed by atoms with Gasteiger partial charge in [-0.3, -0.25) is 9.59 Å². The van der Waals surface area contributed by atoms with E-state index < -0.39 is 0 Å². The second kappa shape index (κ2) is 7.91. The number of amides is 2. The van der Waals surface area contributed by atoms with Gasteiger partial charge in [-0.2, -0.15) is 0 Å². The summed E-state index contributed by atoms with van der Waals surface area (Å²) < 4.78 is 0. The van der Waals surface area contributed by atoms with E-state index in [1.54, 1.807) is 0 Å². The lowest BCUT2D eigenvalue weighted by molar-refractivity contribution is -0.118. The van der Waals surface area contributed by atoms with Crippen molar-refractivity contribution >= 4 is 11.8 Å². The third-order valence-corrected chi connectivity index (χ3v) is 1.76. The molecule has 0 aromatic rings. The summed E-state index contributed by atoms with van der Waals surface area (Å²) in [6, 6.07) is 0. The van der Waals surface area contributed by atoms with Crippen LogP contribution in [0.25, 0.3) is 0 Å². The van der Waals surface area contributed by atoms with Crippen molar-refractivity contribution in [2.45, 2.75) is 27.7 Å². The molecule has 0 unspecified atom stereocenters. The molecule has 0 fully saturated rings. The van der Waals surface area contributed by atoms with E-state index in [0.717, 1.165) is 0 Å². The molecule has 16 heavy (non-hydrogen) atoms. The normalized spacial score (nSPS) is 11.1. The molecule has 0 radical (unpaired) electrons. The highest BCUT2D eigenvalue weighted by Crippen LogP contribution is 1.88. The van der Waals surface area contributed by atoms with Crippen LogP contribution in [-0.2, 0) is 9.59 Å². The van der Waals surface area contributed by atoms with Crippen LogP contribution in [0.4, 0.5) is 0 Å². The number of carbonyl (C=O) groups excluding carboxylic acids is 2. The Morgan fingerprint density at radius 1 is 0.875 bits per heavy atom. The minimum Gasteiger partial charge on any atom is -0.352 e. The SMILES string of the molecule is CC(C)CNC(=O)/C=C\C(=O)NCC(C)C. The van der Waals surface area contributed by atoms with E-state index in [4.69, 9.17) is 0 Å². The van der Waals surface area contributed by atoms with Gasteiger partial charge in [-0.05, 0) is 11.8 Å². The summed E-state index contributed by atoms with van der Waals surface area (Å²) in [5.41, 5.74) is 0. The fraction of sp³-hybridized carbons (Fsp3) is 0.667. The summed E-state index contributed by atoms with van der Waals surface area (Å²) in [5.74, 6) is 0.362. The molecule has 4 heteroatoms. The Hall–Kier alpha value is -1.32. The number of carbonyl (C=O) groups is 2. The topological polar surface area (TPSA) is 58.2 Å². The van der Waals surface area contributed by atoms with Crippen molar-refractivity contribution in [1.82, 2.24) is 10.6 Å². The second-order valence-corrected chi connectivity index (χ2v) is 4.61. The number of hydrogen-bond acceptors (Lipinski definition) is 2. The van der Waals surface area contributed by atoms with Gasteiger partial charge in [0.15, 0.2) is 0 Å². The standard InChI is InChI=1S/C12H22N2O2/c1-9(2)7-13-11(15)5-6-12(16)14-8-10(3)4/h5-6,9-10H,7-8H2,1-4H3,(H,13,15)(H,14,16)/b6-5-. The third-order valence-electron chi connectivity index (χ3n) is 1.76. The van der Waals surface area contributed by atoms with Crippen LogP contribution in [0.1, 0.15) is 27.7 Å². The summed E-state index contributed by atoms with van der Waals surface area (Å²) in [6.07, 6.45) is 2.52. The highest BCUT2D eigenvalue weighted by Gasteiger charge is 2.00. The van der Waals surface area contributed by atoms with Gasteiger partial charge in [0.2, 0.25) is 11.8 Å². The van der Waals surface area contributed by atoms with Crippen LogP contribution < -0.4 is 10.6 Å².